The second kappa shape index (κ2) is 6.93. The van der Waals surface area contributed by atoms with E-state index in [4.69, 9.17) is 4.74 Å². The Kier molecular flexibility index (Phi) is 4.84. The number of carbonyl (C=O) groups is 1. The molecule has 1 heterocycles. The Morgan fingerprint density at radius 1 is 1.31 bits per heavy atom. The summed E-state index contributed by atoms with van der Waals surface area (Å²) in [6.45, 7) is 5.53. The molecular weight excluding hydrogens is 336 g/mol. The number of rotatable bonds is 3. The van der Waals surface area contributed by atoms with Gasteiger partial charge in [-0.05, 0) is 52.5 Å². The van der Waals surface area contributed by atoms with E-state index in [1.165, 1.54) is 12.1 Å². The first-order chi connectivity index (χ1) is 12.2. The van der Waals surface area contributed by atoms with Crippen molar-refractivity contribution in [2.24, 2.45) is 0 Å². The summed E-state index contributed by atoms with van der Waals surface area (Å²) in [5.41, 5.74) is 0.971. The van der Waals surface area contributed by atoms with Crippen LogP contribution in [0.15, 0.2) is 18.2 Å². The van der Waals surface area contributed by atoms with Crippen LogP contribution in [-0.4, -0.2) is 32.6 Å². The van der Waals surface area contributed by atoms with Gasteiger partial charge in [0, 0.05) is 24.1 Å². The standard InChI is InChI=1S/C18H24N4O4/c1-18(2,3)26-17(23)19-12-6-4-11(5-7-12)16-20-14-9-8-13(22(24)25)10-15(14)21-16/h8-12H,4-7H2,1-3H3,(H,19,23)(H,20,21). The first-order valence-electron chi connectivity index (χ1n) is 8.85. The number of carbonyl (C=O) groups excluding carboxylic acids is 1. The topological polar surface area (TPSA) is 110 Å². The van der Waals surface area contributed by atoms with Gasteiger partial charge < -0.3 is 15.0 Å². The lowest BCUT2D eigenvalue weighted by molar-refractivity contribution is -0.384. The van der Waals surface area contributed by atoms with Crippen LogP contribution in [0, 0.1) is 10.1 Å². The van der Waals surface area contributed by atoms with Gasteiger partial charge in [-0.15, -0.1) is 0 Å². The number of imidazole rings is 1. The van der Waals surface area contributed by atoms with Gasteiger partial charge in [-0.25, -0.2) is 9.78 Å². The molecule has 1 fully saturated rings. The molecule has 26 heavy (non-hydrogen) atoms. The number of nitrogens with zero attached hydrogens (tertiary/aromatic N) is 2. The first kappa shape index (κ1) is 18.2. The van der Waals surface area contributed by atoms with Crippen molar-refractivity contribution in [2.75, 3.05) is 0 Å². The van der Waals surface area contributed by atoms with Crippen LogP contribution in [0.25, 0.3) is 11.0 Å². The number of amides is 1. The Morgan fingerprint density at radius 3 is 2.62 bits per heavy atom. The molecule has 1 aromatic heterocycles. The van der Waals surface area contributed by atoms with Crippen molar-refractivity contribution in [1.82, 2.24) is 15.3 Å². The fourth-order valence-electron chi connectivity index (χ4n) is 3.31. The lowest BCUT2D eigenvalue weighted by Crippen LogP contribution is -2.40. The molecule has 0 unspecified atom stereocenters. The number of hydrogen-bond acceptors (Lipinski definition) is 5. The highest BCUT2D eigenvalue weighted by atomic mass is 16.6. The molecule has 8 heteroatoms. The van der Waals surface area contributed by atoms with E-state index in [2.05, 4.69) is 15.3 Å². The van der Waals surface area contributed by atoms with Gasteiger partial charge in [0.25, 0.3) is 5.69 Å². The number of alkyl carbamates (subject to hydrolysis) is 1. The summed E-state index contributed by atoms with van der Waals surface area (Å²) < 4.78 is 5.30. The highest BCUT2D eigenvalue weighted by Gasteiger charge is 2.27. The van der Waals surface area contributed by atoms with Crippen LogP contribution in [0.2, 0.25) is 0 Å². The number of aromatic amines is 1. The van der Waals surface area contributed by atoms with Crippen molar-refractivity contribution < 1.29 is 14.5 Å². The molecule has 3 rings (SSSR count). The summed E-state index contributed by atoms with van der Waals surface area (Å²) >= 11 is 0. The molecule has 8 nitrogen and oxygen atoms in total. The molecule has 1 amide bonds. The second-order valence-electron chi connectivity index (χ2n) is 7.78. The average molecular weight is 360 g/mol. The molecule has 0 aliphatic heterocycles. The monoisotopic (exact) mass is 360 g/mol. The van der Waals surface area contributed by atoms with E-state index in [-0.39, 0.29) is 23.7 Å². The Bertz CT molecular complexity index is 816. The number of H-pyrrole nitrogens is 1. The van der Waals surface area contributed by atoms with Gasteiger partial charge in [-0.1, -0.05) is 0 Å². The van der Waals surface area contributed by atoms with Gasteiger partial charge in [-0.3, -0.25) is 10.1 Å². The maximum absolute atomic E-state index is 11.9. The maximum atomic E-state index is 11.9. The van der Waals surface area contributed by atoms with Gasteiger partial charge in [0.1, 0.15) is 11.4 Å². The fourth-order valence-corrected chi connectivity index (χ4v) is 3.31. The number of aromatic nitrogens is 2. The minimum atomic E-state index is -0.502. The highest BCUT2D eigenvalue weighted by molar-refractivity contribution is 5.77. The SMILES string of the molecule is CC(C)(C)OC(=O)NC1CCC(c2nc3ccc([N+](=O)[O-])cc3[nH]2)CC1. The number of nitro benzene ring substituents is 1. The molecule has 140 valence electrons. The maximum Gasteiger partial charge on any atom is 0.407 e. The van der Waals surface area contributed by atoms with Crippen molar-refractivity contribution in [3.8, 4) is 0 Å². The van der Waals surface area contributed by atoms with Crippen LogP contribution in [0.1, 0.15) is 58.2 Å². The van der Waals surface area contributed by atoms with Gasteiger partial charge in [0.2, 0.25) is 0 Å². The minimum absolute atomic E-state index is 0.0537. The number of fused-ring (bicyclic) bond motifs is 1. The largest absolute Gasteiger partial charge is 0.444 e. The van der Waals surface area contributed by atoms with E-state index in [0.717, 1.165) is 37.0 Å². The molecule has 1 aromatic carbocycles. The zero-order valence-corrected chi connectivity index (χ0v) is 15.2. The van der Waals surface area contributed by atoms with Gasteiger partial charge in [0.05, 0.1) is 16.0 Å². The number of non-ortho nitro benzene ring substituents is 1. The highest BCUT2D eigenvalue weighted by Crippen LogP contribution is 2.33. The number of hydrogen-bond donors (Lipinski definition) is 2. The van der Waals surface area contributed by atoms with Crippen molar-refractivity contribution in [2.45, 2.75) is 64.0 Å². The van der Waals surface area contributed by atoms with E-state index in [1.807, 2.05) is 20.8 Å². The van der Waals surface area contributed by atoms with Crippen molar-refractivity contribution in [3.63, 3.8) is 0 Å². The smallest absolute Gasteiger partial charge is 0.407 e. The normalized spacial score (nSPS) is 20.7. The molecule has 0 bridgehead atoms. The third-order valence-electron chi connectivity index (χ3n) is 4.53. The van der Waals surface area contributed by atoms with Crippen molar-refractivity contribution in [1.29, 1.82) is 0 Å². The molecule has 2 aromatic rings. The third-order valence-corrected chi connectivity index (χ3v) is 4.53. The predicted molar refractivity (Wildman–Crippen MR) is 97.1 cm³/mol. The van der Waals surface area contributed by atoms with Crippen LogP contribution >= 0.6 is 0 Å². The molecule has 1 aliphatic carbocycles. The van der Waals surface area contributed by atoms with E-state index in [0.29, 0.717) is 5.52 Å². The lowest BCUT2D eigenvalue weighted by Gasteiger charge is -2.29. The Morgan fingerprint density at radius 2 is 2.00 bits per heavy atom. The minimum Gasteiger partial charge on any atom is -0.444 e. The molecule has 1 aliphatic rings. The summed E-state index contributed by atoms with van der Waals surface area (Å²) in [5.74, 6) is 1.12. The number of nitro groups is 1. The van der Waals surface area contributed by atoms with Gasteiger partial charge in [-0.2, -0.15) is 0 Å². The van der Waals surface area contributed by atoms with Gasteiger partial charge in [0.15, 0.2) is 0 Å². The van der Waals surface area contributed by atoms with Crippen LogP contribution in [0.3, 0.4) is 0 Å². The zero-order chi connectivity index (χ0) is 18.9. The Labute approximate surface area is 151 Å². The molecule has 0 saturated heterocycles. The number of ether oxygens (including phenoxy) is 1. The average Bonchev–Trinajstić information content (AvgIpc) is 2.96. The Balaban J connectivity index is 1.60. The number of benzene rings is 1. The van der Waals surface area contributed by atoms with Crippen molar-refractivity contribution in [3.05, 3.63) is 34.1 Å². The Hall–Kier alpha value is -2.64. The quantitative estimate of drug-likeness (QED) is 0.634. The van der Waals surface area contributed by atoms with Gasteiger partial charge >= 0.3 is 6.09 Å². The molecular formula is C18H24N4O4. The van der Waals surface area contributed by atoms with Crippen molar-refractivity contribution >= 4 is 22.8 Å². The summed E-state index contributed by atoms with van der Waals surface area (Å²) in [7, 11) is 0. The molecule has 1 saturated carbocycles. The summed E-state index contributed by atoms with van der Waals surface area (Å²) in [5, 5.41) is 13.8. The molecule has 2 N–H and O–H groups in total. The fraction of sp³-hybridized carbons (Fsp3) is 0.556. The molecule has 0 atom stereocenters. The van der Waals surface area contributed by atoms with E-state index in [1.54, 1.807) is 6.07 Å². The predicted octanol–water partition coefficient (Wildman–Crippen LogP) is 4.02. The lowest BCUT2D eigenvalue weighted by atomic mass is 9.85. The van der Waals surface area contributed by atoms with Crippen LogP contribution in [0.4, 0.5) is 10.5 Å². The molecule has 0 radical (unpaired) electrons. The zero-order valence-electron chi connectivity index (χ0n) is 15.2. The van der Waals surface area contributed by atoms with E-state index < -0.39 is 10.5 Å². The number of nitrogens with one attached hydrogen (secondary N) is 2. The first-order valence-corrected chi connectivity index (χ1v) is 8.85. The van der Waals surface area contributed by atoms with Crippen LogP contribution in [-0.2, 0) is 4.74 Å². The second-order valence-corrected chi connectivity index (χ2v) is 7.78. The summed E-state index contributed by atoms with van der Waals surface area (Å²) in [6.07, 6.45) is 3.10. The van der Waals surface area contributed by atoms with E-state index >= 15 is 0 Å². The van der Waals surface area contributed by atoms with Crippen LogP contribution in [0.5, 0.6) is 0 Å². The third kappa shape index (κ3) is 4.30. The van der Waals surface area contributed by atoms with E-state index in [9.17, 15) is 14.9 Å². The molecule has 0 spiro atoms. The summed E-state index contributed by atoms with van der Waals surface area (Å²) in [6, 6.07) is 4.76. The van der Waals surface area contributed by atoms with Crippen LogP contribution < -0.4 is 5.32 Å². The summed E-state index contributed by atoms with van der Waals surface area (Å²) in [4.78, 5) is 30.2.